The molecule has 1 aromatic rings. The van der Waals surface area contributed by atoms with Gasteiger partial charge in [-0.3, -0.25) is 4.90 Å². The van der Waals surface area contributed by atoms with Gasteiger partial charge in [0.25, 0.3) is 0 Å². The number of ether oxygens (including phenoxy) is 2. The standard InChI is InChI=1S/C22H38N4O3.HI/c1-5-23-21(25-16-22(4,27)17-26-10-12-28-13-11-26)24-14-19-6-8-20(9-7-19)29-15-18(2)3;/h6-9,18,27H,5,10-17H2,1-4H3,(H2,23,24,25);1H. The normalized spacial score (nSPS) is 17.2. The lowest BCUT2D eigenvalue weighted by molar-refractivity contribution is -0.0201. The summed E-state index contributed by atoms with van der Waals surface area (Å²) in [5.41, 5.74) is 0.266. The van der Waals surface area contributed by atoms with E-state index in [4.69, 9.17) is 9.47 Å². The first-order valence-electron chi connectivity index (χ1n) is 10.6. The van der Waals surface area contributed by atoms with Crippen molar-refractivity contribution in [3.63, 3.8) is 0 Å². The number of β-amino-alcohol motifs (C(OH)–C–C–N with tert-alkyl or cyclic N) is 1. The zero-order valence-electron chi connectivity index (χ0n) is 18.8. The summed E-state index contributed by atoms with van der Waals surface area (Å²) < 4.78 is 11.1. The maximum absolute atomic E-state index is 10.7. The Morgan fingerprint density at radius 1 is 1.23 bits per heavy atom. The maximum atomic E-state index is 10.7. The topological polar surface area (TPSA) is 78.4 Å². The van der Waals surface area contributed by atoms with E-state index in [-0.39, 0.29) is 24.0 Å². The second-order valence-corrected chi connectivity index (χ2v) is 8.28. The van der Waals surface area contributed by atoms with Crippen molar-refractivity contribution in [3.05, 3.63) is 29.8 Å². The van der Waals surface area contributed by atoms with Gasteiger partial charge in [-0.05, 0) is 37.5 Å². The van der Waals surface area contributed by atoms with Crippen LogP contribution in [0.4, 0.5) is 0 Å². The second-order valence-electron chi connectivity index (χ2n) is 8.28. The van der Waals surface area contributed by atoms with Gasteiger partial charge in [0.05, 0.1) is 32.0 Å². The average Bonchev–Trinajstić information content (AvgIpc) is 2.70. The van der Waals surface area contributed by atoms with E-state index < -0.39 is 5.60 Å². The van der Waals surface area contributed by atoms with E-state index in [0.717, 1.165) is 50.8 Å². The Morgan fingerprint density at radius 3 is 2.50 bits per heavy atom. The van der Waals surface area contributed by atoms with Crippen molar-refractivity contribution in [1.29, 1.82) is 0 Å². The first kappa shape index (κ1) is 26.9. The lowest BCUT2D eigenvalue weighted by Crippen LogP contribution is -2.52. The molecule has 0 aliphatic carbocycles. The number of nitrogens with zero attached hydrogens (tertiary/aromatic N) is 2. The summed E-state index contributed by atoms with van der Waals surface area (Å²) in [6.45, 7) is 14.4. The van der Waals surface area contributed by atoms with Crippen LogP contribution in [0.3, 0.4) is 0 Å². The van der Waals surface area contributed by atoms with Crippen LogP contribution in [-0.2, 0) is 11.3 Å². The van der Waals surface area contributed by atoms with Gasteiger partial charge in [0, 0.05) is 32.7 Å². The van der Waals surface area contributed by atoms with Gasteiger partial charge < -0.3 is 25.2 Å². The minimum atomic E-state index is -0.844. The average molecular weight is 534 g/mol. The molecule has 0 saturated carbocycles. The van der Waals surface area contributed by atoms with E-state index in [1.807, 2.05) is 38.1 Å². The number of aliphatic hydroxyl groups is 1. The summed E-state index contributed by atoms with van der Waals surface area (Å²) in [4.78, 5) is 6.88. The van der Waals surface area contributed by atoms with E-state index in [1.165, 1.54) is 0 Å². The van der Waals surface area contributed by atoms with Crippen LogP contribution in [-0.4, -0.2) is 74.1 Å². The molecule has 1 aromatic carbocycles. The Labute approximate surface area is 198 Å². The molecule has 0 bridgehead atoms. The van der Waals surface area contributed by atoms with Crippen molar-refractivity contribution in [2.45, 2.75) is 39.8 Å². The fraction of sp³-hybridized carbons (Fsp3) is 0.682. The third kappa shape index (κ3) is 10.8. The minimum absolute atomic E-state index is 0. The third-order valence-electron chi connectivity index (χ3n) is 4.58. The van der Waals surface area contributed by atoms with Crippen molar-refractivity contribution in [3.8, 4) is 5.75 Å². The number of nitrogens with one attached hydrogen (secondary N) is 2. The van der Waals surface area contributed by atoms with Crippen LogP contribution in [0.15, 0.2) is 29.3 Å². The zero-order valence-corrected chi connectivity index (χ0v) is 21.1. The van der Waals surface area contributed by atoms with Crippen LogP contribution in [0, 0.1) is 5.92 Å². The summed E-state index contributed by atoms with van der Waals surface area (Å²) in [5.74, 6) is 2.10. The summed E-state index contributed by atoms with van der Waals surface area (Å²) in [5, 5.41) is 17.3. The Balaban J connectivity index is 0.00000450. The van der Waals surface area contributed by atoms with Crippen LogP contribution in [0.5, 0.6) is 5.75 Å². The minimum Gasteiger partial charge on any atom is -0.493 e. The Kier molecular flexibility index (Phi) is 12.6. The number of halogens is 1. The molecule has 1 aliphatic rings. The number of aliphatic imine (C=N–C) groups is 1. The van der Waals surface area contributed by atoms with Gasteiger partial charge in [0.1, 0.15) is 5.75 Å². The fourth-order valence-electron chi connectivity index (χ4n) is 3.04. The van der Waals surface area contributed by atoms with Gasteiger partial charge in [-0.2, -0.15) is 0 Å². The van der Waals surface area contributed by atoms with Crippen molar-refractivity contribution >= 4 is 29.9 Å². The molecule has 172 valence electrons. The van der Waals surface area contributed by atoms with Crippen LogP contribution in [0.1, 0.15) is 33.3 Å². The first-order valence-corrected chi connectivity index (χ1v) is 10.6. The van der Waals surface area contributed by atoms with Gasteiger partial charge in [-0.15, -0.1) is 24.0 Å². The zero-order chi connectivity index (χ0) is 21.1. The Bertz CT molecular complexity index is 617. The van der Waals surface area contributed by atoms with Crippen molar-refractivity contribution in [2.24, 2.45) is 10.9 Å². The molecular weight excluding hydrogens is 495 g/mol. The molecule has 7 nitrogen and oxygen atoms in total. The lowest BCUT2D eigenvalue weighted by atomic mass is 10.1. The largest absolute Gasteiger partial charge is 0.493 e. The van der Waals surface area contributed by atoms with Crippen molar-refractivity contribution < 1.29 is 14.6 Å². The molecule has 1 heterocycles. The molecule has 1 fully saturated rings. The van der Waals surface area contributed by atoms with E-state index >= 15 is 0 Å². The molecule has 3 N–H and O–H groups in total. The molecular formula is C22H39IN4O3. The summed E-state index contributed by atoms with van der Waals surface area (Å²) in [6.07, 6.45) is 0. The SMILES string of the molecule is CCNC(=NCc1ccc(OCC(C)C)cc1)NCC(C)(O)CN1CCOCC1.I. The quantitative estimate of drug-likeness (QED) is 0.243. The molecule has 0 spiro atoms. The van der Waals surface area contributed by atoms with E-state index in [0.29, 0.717) is 31.5 Å². The van der Waals surface area contributed by atoms with E-state index in [2.05, 4.69) is 34.4 Å². The van der Waals surface area contributed by atoms with Crippen molar-refractivity contribution in [1.82, 2.24) is 15.5 Å². The first-order chi connectivity index (χ1) is 13.9. The maximum Gasteiger partial charge on any atom is 0.191 e. The fourth-order valence-corrected chi connectivity index (χ4v) is 3.04. The highest BCUT2D eigenvalue weighted by molar-refractivity contribution is 14.0. The smallest absolute Gasteiger partial charge is 0.191 e. The molecule has 0 amide bonds. The summed E-state index contributed by atoms with van der Waals surface area (Å²) in [6, 6.07) is 8.05. The predicted octanol–water partition coefficient (Wildman–Crippen LogP) is 2.48. The van der Waals surface area contributed by atoms with Crippen LogP contribution in [0.2, 0.25) is 0 Å². The molecule has 1 unspecified atom stereocenters. The molecule has 2 rings (SSSR count). The Morgan fingerprint density at radius 2 is 1.90 bits per heavy atom. The number of morpholine rings is 1. The van der Waals surface area contributed by atoms with Gasteiger partial charge in [0.2, 0.25) is 0 Å². The molecule has 1 atom stereocenters. The number of rotatable bonds is 10. The molecule has 1 saturated heterocycles. The van der Waals surface area contributed by atoms with E-state index in [9.17, 15) is 5.11 Å². The summed E-state index contributed by atoms with van der Waals surface area (Å²) in [7, 11) is 0. The molecule has 1 aliphatic heterocycles. The van der Waals surface area contributed by atoms with Gasteiger partial charge in [-0.1, -0.05) is 26.0 Å². The van der Waals surface area contributed by atoms with Crippen LogP contribution >= 0.6 is 24.0 Å². The van der Waals surface area contributed by atoms with Crippen LogP contribution in [0.25, 0.3) is 0 Å². The van der Waals surface area contributed by atoms with Gasteiger partial charge in [0.15, 0.2) is 5.96 Å². The van der Waals surface area contributed by atoms with Crippen molar-refractivity contribution in [2.75, 3.05) is 52.5 Å². The summed E-state index contributed by atoms with van der Waals surface area (Å²) >= 11 is 0. The number of hydrogen-bond donors (Lipinski definition) is 3. The molecule has 8 heteroatoms. The predicted molar refractivity (Wildman–Crippen MR) is 133 cm³/mol. The molecule has 0 radical (unpaired) electrons. The molecule has 30 heavy (non-hydrogen) atoms. The highest BCUT2D eigenvalue weighted by Gasteiger charge is 2.25. The monoisotopic (exact) mass is 534 g/mol. The Hall–Kier alpha value is -1.10. The van der Waals surface area contributed by atoms with E-state index in [1.54, 1.807) is 0 Å². The number of benzene rings is 1. The number of guanidine groups is 1. The second kappa shape index (κ2) is 14.1. The van der Waals surface area contributed by atoms with Gasteiger partial charge >= 0.3 is 0 Å². The molecule has 0 aromatic heterocycles. The highest BCUT2D eigenvalue weighted by atomic mass is 127. The highest BCUT2D eigenvalue weighted by Crippen LogP contribution is 2.14. The lowest BCUT2D eigenvalue weighted by Gasteiger charge is -2.34. The van der Waals surface area contributed by atoms with Gasteiger partial charge in [-0.25, -0.2) is 4.99 Å². The number of hydrogen-bond acceptors (Lipinski definition) is 5. The third-order valence-corrected chi connectivity index (χ3v) is 4.58. The van der Waals surface area contributed by atoms with Crippen LogP contribution < -0.4 is 15.4 Å².